The third-order valence-electron chi connectivity index (χ3n) is 4.14. The van der Waals surface area contributed by atoms with Crippen LogP contribution in [0.5, 0.6) is 0 Å². The predicted molar refractivity (Wildman–Crippen MR) is 100 cm³/mol. The molecule has 0 bridgehead atoms. The van der Waals surface area contributed by atoms with Gasteiger partial charge >= 0.3 is 0 Å². The average Bonchev–Trinajstić information content (AvgIpc) is 2.61. The number of amides is 1. The highest BCUT2D eigenvalue weighted by atomic mass is 16.2. The molecule has 1 amide bonds. The van der Waals surface area contributed by atoms with Crippen LogP contribution in [0, 0.1) is 6.92 Å². The minimum Gasteiger partial charge on any atom is -0.325 e. The fourth-order valence-corrected chi connectivity index (χ4v) is 2.59. The predicted octanol–water partition coefficient (Wildman–Crippen LogP) is 4.27. The SMILES string of the molecule is Cc1ccc(CN[C@@H](C)C(=O)Nc2ccc3ccccc3c2)cc1. The van der Waals surface area contributed by atoms with Crippen LogP contribution in [0.25, 0.3) is 10.8 Å². The summed E-state index contributed by atoms with van der Waals surface area (Å²) in [5, 5.41) is 8.53. The standard InChI is InChI=1S/C21H22N2O/c1-15-7-9-17(10-8-15)14-22-16(2)21(24)23-20-12-11-18-5-3-4-6-19(18)13-20/h3-13,16,22H,14H2,1-2H3,(H,23,24)/t16-/m0/s1. The Morgan fingerprint density at radius 3 is 2.42 bits per heavy atom. The van der Waals surface area contributed by atoms with E-state index in [9.17, 15) is 4.79 Å². The Hall–Kier alpha value is -2.65. The summed E-state index contributed by atoms with van der Waals surface area (Å²) in [5.74, 6) is -0.0302. The van der Waals surface area contributed by atoms with Gasteiger partial charge in [-0.05, 0) is 42.3 Å². The largest absolute Gasteiger partial charge is 0.325 e. The van der Waals surface area contributed by atoms with Gasteiger partial charge in [-0.15, -0.1) is 0 Å². The zero-order valence-corrected chi connectivity index (χ0v) is 14.0. The first kappa shape index (κ1) is 16.2. The first-order valence-corrected chi connectivity index (χ1v) is 8.20. The minimum absolute atomic E-state index is 0.0302. The molecule has 0 saturated heterocycles. The molecule has 0 aromatic heterocycles. The van der Waals surface area contributed by atoms with Crippen molar-refractivity contribution in [2.75, 3.05) is 5.32 Å². The van der Waals surface area contributed by atoms with Crippen LogP contribution in [0.15, 0.2) is 66.7 Å². The molecule has 3 heteroatoms. The van der Waals surface area contributed by atoms with Gasteiger partial charge < -0.3 is 10.6 Å². The molecule has 3 aromatic carbocycles. The highest BCUT2D eigenvalue weighted by molar-refractivity contribution is 5.97. The second-order valence-electron chi connectivity index (χ2n) is 6.14. The van der Waals surface area contributed by atoms with Crippen LogP contribution in [0.4, 0.5) is 5.69 Å². The van der Waals surface area contributed by atoms with Gasteiger partial charge in [-0.25, -0.2) is 0 Å². The lowest BCUT2D eigenvalue weighted by Gasteiger charge is -2.14. The van der Waals surface area contributed by atoms with E-state index >= 15 is 0 Å². The number of hydrogen-bond acceptors (Lipinski definition) is 2. The van der Waals surface area contributed by atoms with Gasteiger partial charge in [0.05, 0.1) is 6.04 Å². The fourth-order valence-electron chi connectivity index (χ4n) is 2.59. The van der Waals surface area contributed by atoms with Gasteiger partial charge in [-0.3, -0.25) is 4.79 Å². The van der Waals surface area contributed by atoms with Gasteiger partial charge in [0, 0.05) is 12.2 Å². The van der Waals surface area contributed by atoms with Crippen LogP contribution < -0.4 is 10.6 Å². The lowest BCUT2D eigenvalue weighted by atomic mass is 10.1. The third-order valence-corrected chi connectivity index (χ3v) is 4.14. The van der Waals surface area contributed by atoms with Crippen molar-refractivity contribution >= 4 is 22.4 Å². The number of nitrogens with one attached hydrogen (secondary N) is 2. The molecular formula is C21H22N2O. The average molecular weight is 318 g/mol. The number of anilines is 1. The molecule has 1 atom stereocenters. The topological polar surface area (TPSA) is 41.1 Å². The monoisotopic (exact) mass is 318 g/mol. The van der Waals surface area contributed by atoms with Crippen LogP contribution in [0.2, 0.25) is 0 Å². The molecule has 0 aliphatic rings. The number of fused-ring (bicyclic) bond motifs is 1. The highest BCUT2D eigenvalue weighted by Crippen LogP contribution is 2.18. The van der Waals surface area contributed by atoms with Crippen molar-refractivity contribution in [1.29, 1.82) is 0 Å². The minimum atomic E-state index is -0.266. The zero-order chi connectivity index (χ0) is 16.9. The molecule has 3 rings (SSSR count). The normalized spacial score (nSPS) is 12.1. The second kappa shape index (κ2) is 7.28. The van der Waals surface area contributed by atoms with E-state index in [4.69, 9.17) is 0 Å². The maximum Gasteiger partial charge on any atom is 0.241 e. The summed E-state index contributed by atoms with van der Waals surface area (Å²) >= 11 is 0. The molecule has 0 fully saturated rings. The lowest BCUT2D eigenvalue weighted by Crippen LogP contribution is -2.37. The Kier molecular flexibility index (Phi) is 4.92. The summed E-state index contributed by atoms with van der Waals surface area (Å²) in [6, 6.07) is 22.1. The van der Waals surface area contributed by atoms with Crippen molar-refractivity contribution in [1.82, 2.24) is 5.32 Å². The molecule has 122 valence electrons. The van der Waals surface area contributed by atoms with E-state index in [0.717, 1.165) is 11.1 Å². The molecular weight excluding hydrogens is 296 g/mol. The molecule has 2 N–H and O–H groups in total. The quantitative estimate of drug-likeness (QED) is 0.738. The Morgan fingerprint density at radius 2 is 1.67 bits per heavy atom. The first-order valence-electron chi connectivity index (χ1n) is 8.20. The summed E-state index contributed by atoms with van der Waals surface area (Å²) in [6.45, 7) is 4.62. The Bertz CT molecular complexity index is 840. The van der Waals surface area contributed by atoms with Gasteiger partial charge in [0.1, 0.15) is 0 Å². The zero-order valence-electron chi connectivity index (χ0n) is 14.0. The number of hydrogen-bond donors (Lipinski definition) is 2. The molecule has 0 aliphatic carbocycles. The number of rotatable bonds is 5. The lowest BCUT2D eigenvalue weighted by molar-refractivity contribution is -0.117. The highest BCUT2D eigenvalue weighted by Gasteiger charge is 2.12. The molecule has 24 heavy (non-hydrogen) atoms. The van der Waals surface area contributed by atoms with Crippen LogP contribution in [-0.4, -0.2) is 11.9 Å². The summed E-state index contributed by atoms with van der Waals surface area (Å²) in [5.41, 5.74) is 3.23. The molecule has 0 aliphatic heterocycles. The van der Waals surface area contributed by atoms with Crippen LogP contribution in [0.3, 0.4) is 0 Å². The number of carbonyl (C=O) groups excluding carboxylic acids is 1. The van der Waals surface area contributed by atoms with Crippen molar-refractivity contribution in [3.05, 3.63) is 77.9 Å². The molecule has 3 nitrogen and oxygen atoms in total. The van der Waals surface area contributed by atoms with Crippen LogP contribution >= 0.6 is 0 Å². The van der Waals surface area contributed by atoms with Crippen molar-refractivity contribution in [2.45, 2.75) is 26.4 Å². The Morgan fingerprint density at radius 1 is 0.958 bits per heavy atom. The second-order valence-corrected chi connectivity index (χ2v) is 6.14. The van der Waals surface area contributed by atoms with E-state index in [-0.39, 0.29) is 11.9 Å². The van der Waals surface area contributed by atoms with E-state index in [0.29, 0.717) is 6.54 Å². The number of aryl methyl sites for hydroxylation is 1. The first-order chi connectivity index (χ1) is 11.6. The van der Waals surface area contributed by atoms with Crippen LogP contribution in [-0.2, 0) is 11.3 Å². The Labute approximate surface area is 142 Å². The fraction of sp³-hybridized carbons (Fsp3) is 0.190. The maximum absolute atomic E-state index is 12.4. The third kappa shape index (κ3) is 4.00. The van der Waals surface area contributed by atoms with E-state index in [1.165, 1.54) is 16.5 Å². The van der Waals surface area contributed by atoms with Crippen molar-refractivity contribution < 1.29 is 4.79 Å². The Balaban J connectivity index is 1.59. The molecule has 0 spiro atoms. The van der Waals surface area contributed by atoms with E-state index in [1.54, 1.807) is 0 Å². The smallest absolute Gasteiger partial charge is 0.241 e. The van der Waals surface area contributed by atoms with Crippen LogP contribution in [0.1, 0.15) is 18.1 Å². The molecule has 0 heterocycles. The molecule has 0 radical (unpaired) electrons. The van der Waals surface area contributed by atoms with Gasteiger partial charge in [-0.1, -0.05) is 60.2 Å². The van der Waals surface area contributed by atoms with Gasteiger partial charge in [0.2, 0.25) is 5.91 Å². The van der Waals surface area contributed by atoms with E-state index < -0.39 is 0 Å². The summed E-state index contributed by atoms with van der Waals surface area (Å²) in [7, 11) is 0. The van der Waals surface area contributed by atoms with E-state index in [1.807, 2.05) is 43.3 Å². The van der Waals surface area contributed by atoms with Crippen molar-refractivity contribution in [2.24, 2.45) is 0 Å². The summed E-state index contributed by atoms with van der Waals surface area (Å²) in [6.07, 6.45) is 0. The maximum atomic E-state index is 12.4. The van der Waals surface area contributed by atoms with E-state index in [2.05, 4.69) is 47.9 Å². The molecule has 0 unspecified atom stereocenters. The summed E-state index contributed by atoms with van der Waals surface area (Å²) < 4.78 is 0. The van der Waals surface area contributed by atoms with Gasteiger partial charge in [0.25, 0.3) is 0 Å². The molecule has 3 aromatic rings. The molecule has 0 saturated carbocycles. The number of carbonyl (C=O) groups is 1. The van der Waals surface area contributed by atoms with Crippen molar-refractivity contribution in [3.63, 3.8) is 0 Å². The van der Waals surface area contributed by atoms with Crippen molar-refractivity contribution in [3.8, 4) is 0 Å². The van der Waals surface area contributed by atoms with Gasteiger partial charge in [0.15, 0.2) is 0 Å². The summed E-state index contributed by atoms with van der Waals surface area (Å²) in [4.78, 5) is 12.4. The van der Waals surface area contributed by atoms with Gasteiger partial charge in [-0.2, -0.15) is 0 Å². The number of benzene rings is 3.